The van der Waals surface area contributed by atoms with Crippen molar-refractivity contribution in [1.29, 1.82) is 0 Å². The van der Waals surface area contributed by atoms with Crippen molar-refractivity contribution in [2.75, 3.05) is 5.75 Å². The number of rotatable bonds is 8. The third-order valence-electron chi connectivity index (χ3n) is 5.34. The average Bonchev–Trinajstić information content (AvgIpc) is 3.45. The third-order valence-corrected chi connectivity index (χ3v) is 6.27. The summed E-state index contributed by atoms with van der Waals surface area (Å²) in [6.45, 7) is 9.99. The number of carbonyl (C=O) groups is 1. The molecular weight excluding hydrogens is 450 g/mol. The van der Waals surface area contributed by atoms with Crippen molar-refractivity contribution in [3.63, 3.8) is 0 Å². The van der Waals surface area contributed by atoms with E-state index in [1.54, 1.807) is 12.4 Å². The van der Waals surface area contributed by atoms with Gasteiger partial charge in [0.15, 0.2) is 5.16 Å². The lowest BCUT2D eigenvalue weighted by molar-refractivity contribution is -0.119. The fourth-order valence-corrected chi connectivity index (χ4v) is 4.31. The van der Waals surface area contributed by atoms with E-state index in [0.29, 0.717) is 16.9 Å². The van der Waals surface area contributed by atoms with Crippen LogP contribution in [0.5, 0.6) is 0 Å². The zero-order valence-corrected chi connectivity index (χ0v) is 20.6. The second-order valence-corrected chi connectivity index (χ2v) is 9.37. The number of nitrogens with zero attached hydrogens (tertiary/aromatic N) is 6. The van der Waals surface area contributed by atoms with Gasteiger partial charge in [-0.2, -0.15) is 4.98 Å². The van der Waals surface area contributed by atoms with Gasteiger partial charge in [-0.1, -0.05) is 42.9 Å². The molecule has 1 N–H and O–H groups in total. The molecule has 0 fully saturated rings. The van der Waals surface area contributed by atoms with Crippen LogP contribution in [0.4, 0.5) is 0 Å². The van der Waals surface area contributed by atoms with Gasteiger partial charge in [-0.05, 0) is 56.0 Å². The van der Waals surface area contributed by atoms with Crippen LogP contribution in [0.25, 0.3) is 17.1 Å². The number of amides is 1. The molecule has 1 unspecified atom stereocenters. The second-order valence-electron chi connectivity index (χ2n) is 8.43. The third kappa shape index (κ3) is 5.17. The van der Waals surface area contributed by atoms with Crippen molar-refractivity contribution in [2.45, 2.75) is 45.8 Å². The van der Waals surface area contributed by atoms with Crippen molar-refractivity contribution in [1.82, 2.24) is 35.2 Å². The predicted molar refractivity (Wildman–Crippen MR) is 130 cm³/mol. The van der Waals surface area contributed by atoms with Crippen molar-refractivity contribution >= 4 is 17.7 Å². The van der Waals surface area contributed by atoms with Gasteiger partial charge in [-0.15, -0.1) is 10.2 Å². The van der Waals surface area contributed by atoms with E-state index in [4.69, 9.17) is 4.52 Å². The van der Waals surface area contributed by atoms with E-state index in [1.165, 1.54) is 11.8 Å². The summed E-state index contributed by atoms with van der Waals surface area (Å²) in [4.78, 5) is 21.4. The number of benzene rings is 1. The monoisotopic (exact) mass is 477 g/mol. The molecule has 4 aromatic rings. The number of aryl methyl sites for hydroxylation is 3. The highest BCUT2D eigenvalue weighted by molar-refractivity contribution is 7.99. The Kier molecular flexibility index (Phi) is 7.06. The summed E-state index contributed by atoms with van der Waals surface area (Å²) in [5.41, 5.74) is 4.02. The van der Waals surface area contributed by atoms with Gasteiger partial charge in [0.2, 0.25) is 17.6 Å². The van der Waals surface area contributed by atoms with Crippen LogP contribution in [0.1, 0.15) is 42.7 Å². The molecule has 10 heteroatoms. The van der Waals surface area contributed by atoms with Crippen LogP contribution in [0, 0.1) is 26.7 Å². The molecule has 0 aliphatic rings. The van der Waals surface area contributed by atoms with E-state index in [-0.39, 0.29) is 17.6 Å². The molecule has 3 aromatic heterocycles. The normalized spacial score (nSPS) is 12.2. The van der Waals surface area contributed by atoms with E-state index in [1.807, 2.05) is 51.3 Å². The van der Waals surface area contributed by atoms with Gasteiger partial charge in [0.1, 0.15) is 11.9 Å². The first-order valence-electron chi connectivity index (χ1n) is 11.0. The van der Waals surface area contributed by atoms with E-state index < -0.39 is 6.04 Å². The first-order valence-corrected chi connectivity index (χ1v) is 12.0. The SMILES string of the molecule is Cc1ccc(C)c(-n2c(C)nnc2SCC(=O)NC(c2nc(-c3cccnc3)no2)C(C)C)c1. The Labute approximate surface area is 202 Å². The first-order chi connectivity index (χ1) is 16.3. The molecule has 0 spiro atoms. The Bertz CT molecular complexity index is 1280. The van der Waals surface area contributed by atoms with E-state index in [2.05, 4.69) is 48.8 Å². The summed E-state index contributed by atoms with van der Waals surface area (Å²) in [6, 6.07) is 9.49. The Morgan fingerprint density at radius 3 is 2.74 bits per heavy atom. The van der Waals surface area contributed by atoms with Crippen LogP contribution in [0.3, 0.4) is 0 Å². The van der Waals surface area contributed by atoms with E-state index in [9.17, 15) is 4.79 Å². The summed E-state index contributed by atoms with van der Waals surface area (Å²) in [5, 5.41) is 16.3. The number of carbonyl (C=O) groups excluding carboxylic acids is 1. The standard InChI is InChI=1S/C24H27N7O2S/c1-14(2)21(23-27-22(30-33-23)18-7-6-10-25-12-18)26-20(32)13-34-24-29-28-17(5)31(24)19-11-15(3)8-9-16(19)4/h6-12,14,21H,13H2,1-5H3,(H,26,32). The summed E-state index contributed by atoms with van der Waals surface area (Å²) in [5.74, 6) is 1.65. The van der Waals surface area contributed by atoms with E-state index in [0.717, 1.165) is 28.2 Å². The second kappa shape index (κ2) is 10.2. The van der Waals surface area contributed by atoms with Crippen LogP contribution in [-0.4, -0.2) is 41.5 Å². The van der Waals surface area contributed by atoms with Crippen LogP contribution in [0.2, 0.25) is 0 Å². The van der Waals surface area contributed by atoms with Crippen molar-refractivity contribution in [3.8, 4) is 17.1 Å². The van der Waals surface area contributed by atoms with Gasteiger partial charge >= 0.3 is 0 Å². The molecule has 1 atom stereocenters. The molecule has 0 saturated carbocycles. The number of pyridine rings is 1. The quantitative estimate of drug-likeness (QED) is 0.375. The maximum absolute atomic E-state index is 12.9. The fraction of sp³-hybridized carbons (Fsp3) is 0.333. The molecule has 0 bridgehead atoms. The molecule has 4 rings (SSSR count). The van der Waals surface area contributed by atoms with Crippen LogP contribution in [-0.2, 0) is 4.79 Å². The molecule has 1 aromatic carbocycles. The van der Waals surface area contributed by atoms with Crippen LogP contribution in [0.15, 0.2) is 52.4 Å². The van der Waals surface area contributed by atoms with Crippen molar-refractivity contribution < 1.29 is 9.32 Å². The van der Waals surface area contributed by atoms with Crippen molar-refractivity contribution in [3.05, 3.63) is 65.6 Å². The highest BCUT2D eigenvalue weighted by atomic mass is 32.2. The Hall–Kier alpha value is -3.53. The van der Waals surface area contributed by atoms with Gasteiger partial charge in [0, 0.05) is 18.0 Å². The van der Waals surface area contributed by atoms with Crippen LogP contribution >= 0.6 is 11.8 Å². The Balaban J connectivity index is 1.47. The fourth-order valence-electron chi connectivity index (χ4n) is 3.51. The molecule has 9 nitrogen and oxygen atoms in total. The minimum Gasteiger partial charge on any atom is -0.343 e. The topological polar surface area (TPSA) is 112 Å². The number of hydrogen-bond donors (Lipinski definition) is 1. The van der Waals surface area contributed by atoms with Gasteiger partial charge < -0.3 is 9.84 Å². The molecule has 0 saturated heterocycles. The average molecular weight is 478 g/mol. The van der Waals surface area contributed by atoms with Gasteiger partial charge in [0.05, 0.1) is 11.4 Å². The predicted octanol–water partition coefficient (Wildman–Crippen LogP) is 4.24. The minimum absolute atomic E-state index is 0.0528. The summed E-state index contributed by atoms with van der Waals surface area (Å²) < 4.78 is 7.46. The van der Waals surface area contributed by atoms with Crippen molar-refractivity contribution in [2.24, 2.45) is 5.92 Å². The molecule has 0 aliphatic carbocycles. The Morgan fingerprint density at radius 2 is 2.00 bits per heavy atom. The number of thioether (sulfide) groups is 1. The minimum atomic E-state index is -0.412. The maximum Gasteiger partial charge on any atom is 0.249 e. The lowest BCUT2D eigenvalue weighted by Crippen LogP contribution is -2.33. The zero-order chi connectivity index (χ0) is 24.2. The first kappa shape index (κ1) is 23.6. The molecule has 0 radical (unpaired) electrons. The molecule has 34 heavy (non-hydrogen) atoms. The smallest absolute Gasteiger partial charge is 0.249 e. The summed E-state index contributed by atoms with van der Waals surface area (Å²) in [7, 11) is 0. The molecular formula is C24H27N7O2S. The lowest BCUT2D eigenvalue weighted by Gasteiger charge is -2.18. The maximum atomic E-state index is 12.9. The number of hydrogen-bond acceptors (Lipinski definition) is 8. The zero-order valence-electron chi connectivity index (χ0n) is 19.8. The molecule has 1 amide bonds. The summed E-state index contributed by atoms with van der Waals surface area (Å²) in [6.07, 6.45) is 3.35. The number of nitrogens with one attached hydrogen (secondary N) is 1. The number of aromatic nitrogens is 6. The highest BCUT2D eigenvalue weighted by Crippen LogP contribution is 2.26. The van der Waals surface area contributed by atoms with Gasteiger partial charge in [-0.3, -0.25) is 14.3 Å². The molecule has 176 valence electrons. The molecule has 3 heterocycles. The van der Waals surface area contributed by atoms with Gasteiger partial charge in [-0.25, -0.2) is 0 Å². The lowest BCUT2D eigenvalue weighted by atomic mass is 10.0. The Morgan fingerprint density at radius 1 is 1.18 bits per heavy atom. The summed E-state index contributed by atoms with van der Waals surface area (Å²) >= 11 is 1.34. The molecule has 0 aliphatic heterocycles. The van der Waals surface area contributed by atoms with Crippen LogP contribution < -0.4 is 5.32 Å². The van der Waals surface area contributed by atoms with E-state index >= 15 is 0 Å². The van der Waals surface area contributed by atoms with Gasteiger partial charge in [0.25, 0.3) is 0 Å². The largest absolute Gasteiger partial charge is 0.343 e. The highest BCUT2D eigenvalue weighted by Gasteiger charge is 2.25.